The molecule has 3 N–H and O–H groups in total. The summed E-state index contributed by atoms with van der Waals surface area (Å²) in [6, 6.07) is 0. The Hall–Kier alpha value is -0.220. The van der Waals surface area contributed by atoms with Gasteiger partial charge in [-0.1, -0.05) is 31.5 Å². The van der Waals surface area contributed by atoms with Crippen LogP contribution in [0, 0.1) is 0 Å². The summed E-state index contributed by atoms with van der Waals surface area (Å²) in [5.41, 5.74) is 0. The highest BCUT2D eigenvalue weighted by Gasteiger charge is 2.14. The zero-order valence-corrected chi connectivity index (χ0v) is 9.24. The maximum Gasteiger partial charge on any atom is 0.281 e. The second kappa shape index (κ2) is 7.21. The van der Waals surface area contributed by atoms with E-state index in [-0.39, 0.29) is 11.4 Å². The first-order chi connectivity index (χ1) is 5.84. The molecular formula is C9H20N2OS. The highest BCUT2D eigenvalue weighted by atomic mass is 32.2. The SMILES string of the molecule is CCSC(=O)N1CCCCCC1.N. The quantitative estimate of drug-likeness (QED) is 0.714. The summed E-state index contributed by atoms with van der Waals surface area (Å²) in [4.78, 5) is 13.4. The van der Waals surface area contributed by atoms with Crippen LogP contribution in [0.4, 0.5) is 4.79 Å². The summed E-state index contributed by atoms with van der Waals surface area (Å²) in [5.74, 6) is 0.898. The van der Waals surface area contributed by atoms with E-state index in [1.54, 1.807) is 0 Å². The lowest BCUT2D eigenvalue weighted by Crippen LogP contribution is -2.28. The minimum atomic E-state index is 0. The van der Waals surface area contributed by atoms with Crippen LogP contribution in [0.25, 0.3) is 0 Å². The molecular weight excluding hydrogens is 184 g/mol. The number of nitrogens with zero attached hydrogens (tertiary/aromatic N) is 1. The fourth-order valence-electron chi connectivity index (χ4n) is 1.47. The van der Waals surface area contributed by atoms with Crippen LogP contribution in [-0.4, -0.2) is 29.0 Å². The lowest BCUT2D eigenvalue weighted by atomic mass is 10.2. The van der Waals surface area contributed by atoms with Crippen molar-refractivity contribution in [2.24, 2.45) is 0 Å². The molecule has 0 bridgehead atoms. The Kier molecular flexibility index (Phi) is 7.09. The molecule has 4 heteroatoms. The second-order valence-electron chi connectivity index (χ2n) is 3.10. The monoisotopic (exact) mass is 204 g/mol. The molecule has 0 aromatic heterocycles. The van der Waals surface area contributed by atoms with E-state index in [0.29, 0.717) is 0 Å². The van der Waals surface area contributed by atoms with Crippen molar-refractivity contribution in [3.05, 3.63) is 0 Å². The maximum atomic E-state index is 11.4. The van der Waals surface area contributed by atoms with E-state index in [1.807, 2.05) is 11.8 Å². The molecule has 1 fully saturated rings. The van der Waals surface area contributed by atoms with Gasteiger partial charge in [-0.05, 0) is 18.6 Å². The van der Waals surface area contributed by atoms with Gasteiger partial charge >= 0.3 is 0 Å². The third-order valence-electron chi connectivity index (χ3n) is 2.13. The lowest BCUT2D eigenvalue weighted by Gasteiger charge is -2.18. The molecule has 0 atom stereocenters. The van der Waals surface area contributed by atoms with Gasteiger partial charge in [0, 0.05) is 13.1 Å². The molecule has 0 aliphatic carbocycles. The summed E-state index contributed by atoms with van der Waals surface area (Å²) in [6.45, 7) is 3.98. The van der Waals surface area contributed by atoms with E-state index >= 15 is 0 Å². The van der Waals surface area contributed by atoms with Crippen LogP contribution in [-0.2, 0) is 0 Å². The topological polar surface area (TPSA) is 55.3 Å². The minimum Gasteiger partial charge on any atom is -0.344 e. The molecule has 0 saturated carbocycles. The molecule has 1 rings (SSSR count). The Morgan fingerprint density at radius 1 is 1.23 bits per heavy atom. The number of hydrogen-bond donors (Lipinski definition) is 1. The van der Waals surface area contributed by atoms with Gasteiger partial charge in [0.05, 0.1) is 0 Å². The van der Waals surface area contributed by atoms with E-state index in [0.717, 1.165) is 18.8 Å². The summed E-state index contributed by atoms with van der Waals surface area (Å²) < 4.78 is 0. The van der Waals surface area contributed by atoms with E-state index in [9.17, 15) is 4.79 Å². The van der Waals surface area contributed by atoms with Crippen molar-refractivity contribution < 1.29 is 4.79 Å². The standard InChI is InChI=1S/C9H17NOS.H3N/c1-2-12-9(11)10-7-5-3-4-6-8-10;/h2-8H2,1H3;1H3. The second-order valence-corrected chi connectivity index (χ2v) is 4.32. The predicted octanol–water partition coefficient (Wildman–Crippen LogP) is 2.90. The number of rotatable bonds is 1. The third-order valence-corrected chi connectivity index (χ3v) is 2.93. The smallest absolute Gasteiger partial charge is 0.281 e. The van der Waals surface area contributed by atoms with Crippen LogP contribution in [0.15, 0.2) is 0 Å². The molecule has 0 unspecified atom stereocenters. The number of amides is 1. The molecule has 3 nitrogen and oxygen atoms in total. The highest BCUT2D eigenvalue weighted by molar-refractivity contribution is 8.13. The van der Waals surface area contributed by atoms with Crippen molar-refractivity contribution in [3.63, 3.8) is 0 Å². The number of likely N-dealkylation sites (tertiary alicyclic amines) is 1. The molecule has 0 aromatic carbocycles. The van der Waals surface area contributed by atoms with Crippen molar-refractivity contribution in [1.82, 2.24) is 11.1 Å². The number of carbonyl (C=O) groups is 1. The first-order valence-corrected chi connectivity index (χ1v) is 5.75. The Bertz CT molecular complexity index is 145. The van der Waals surface area contributed by atoms with Crippen LogP contribution in [0.3, 0.4) is 0 Å². The number of hydrogen-bond acceptors (Lipinski definition) is 3. The molecule has 1 heterocycles. The van der Waals surface area contributed by atoms with Gasteiger partial charge in [-0.15, -0.1) is 0 Å². The summed E-state index contributed by atoms with van der Waals surface area (Å²) >= 11 is 1.43. The number of thioether (sulfide) groups is 1. The van der Waals surface area contributed by atoms with Gasteiger partial charge in [0.2, 0.25) is 0 Å². The van der Waals surface area contributed by atoms with Gasteiger partial charge in [-0.3, -0.25) is 4.79 Å². The molecule has 1 amide bonds. The largest absolute Gasteiger partial charge is 0.344 e. The first-order valence-electron chi connectivity index (χ1n) is 4.76. The Balaban J connectivity index is 0.00000144. The molecule has 0 spiro atoms. The zero-order chi connectivity index (χ0) is 8.81. The summed E-state index contributed by atoms with van der Waals surface area (Å²) in [5, 5.41) is 0.277. The average molecular weight is 204 g/mol. The van der Waals surface area contributed by atoms with Gasteiger partial charge in [0.1, 0.15) is 0 Å². The van der Waals surface area contributed by atoms with Crippen molar-refractivity contribution >= 4 is 17.0 Å². The first kappa shape index (κ1) is 12.8. The molecule has 1 aliphatic heterocycles. The lowest BCUT2D eigenvalue weighted by molar-refractivity contribution is 0.225. The molecule has 78 valence electrons. The normalized spacial score (nSPS) is 17.5. The van der Waals surface area contributed by atoms with Crippen LogP contribution >= 0.6 is 11.8 Å². The number of carbonyl (C=O) groups excluding carboxylic acids is 1. The summed E-state index contributed by atoms with van der Waals surface area (Å²) in [6.07, 6.45) is 4.97. The highest BCUT2D eigenvalue weighted by Crippen LogP contribution is 2.15. The van der Waals surface area contributed by atoms with E-state index in [2.05, 4.69) is 0 Å². The van der Waals surface area contributed by atoms with Crippen LogP contribution in [0.5, 0.6) is 0 Å². The van der Waals surface area contributed by atoms with Gasteiger partial charge in [-0.2, -0.15) is 0 Å². The van der Waals surface area contributed by atoms with Crippen molar-refractivity contribution in [2.45, 2.75) is 32.6 Å². The maximum absolute atomic E-state index is 11.4. The fourth-order valence-corrected chi connectivity index (χ4v) is 2.08. The average Bonchev–Trinajstić information content (AvgIpc) is 2.32. The molecule has 0 radical (unpaired) electrons. The Morgan fingerprint density at radius 3 is 2.23 bits per heavy atom. The molecule has 0 aromatic rings. The van der Waals surface area contributed by atoms with Gasteiger partial charge in [0.25, 0.3) is 5.24 Å². The predicted molar refractivity (Wildman–Crippen MR) is 58.6 cm³/mol. The van der Waals surface area contributed by atoms with Gasteiger partial charge in [-0.25, -0.2) is 0 Å². The van der Waals surface area contributed by atoms with Crippen molar-refractivity contribution in [1.29, 1.82) is 0 Å². The fraction of sp³-hybridized carbons (Fsp3) is 0.889. The van der Waals surface area contributed by atoms with Crippen LogP contribution < -0.4 is 6.15 Å². The van der Waals surface area contributed by atoms with Crippen molar-refractivity contribution in [2.75, 3.05) is 18.8 Å². The minimum absolute atomic E-state index is 0. The van der Waals surface area contributed by atoms with Gasteiger partial charge in [0.15, 0.2) is 0 Å². The Labute approximate surface area is 84.8 Å². The Morgan fingerprint density at radius 2 is 1.77 bits per heavy atom. The molecule has 1 saturated heterocycles. The van der Waals surface area contributed by atoms with E-state index in [4.69, 9.17) is 0 Å². The third kappa shape index (κ3) is 4.52. The van der Waals surface area contributed by atoms with E-state index in [1.165, 1.54) is 37.4 Å². The van der Waals surface area contributed by atoms with Crippen LogP contribution in [0.2, 0.25) is 0 Å². The van der Waals surface area contributed by atoms with Gasteiger partial charge < -0.3 is 11.1 Å². The summed E-state index contributed by atoms with van der Waals surface area (Å²) in [7, 11) is 0. The van der Waals surface area contributed by atoms with Crippen LogP contribution in [0.1, 0.15) is 32.6 Å². The zero-order valence-electron chi connectivity index (χ0n) is 8.42. The van der Waals surface area contributed by atoms with Crippen molar-refractivity contribution in [3.8, 4) is 0 Å². The molecule has 1 aliphatic rings. The van der Waals surface area contributed by atoms with E-state index < -0.39 is 0 Å². The molecule has 13 heavy (non-hydrogen) atoms.